The molecule has 2 amide bonds. The number of esters is 1. The molecule has 0 aromatic heterocycles. The SMILES string of the molecule is Cc1ccc(NC(=O)COC(=O)[C@H]2CC(=O)N(C3CCCC3)C2)c(C)c1. The van der Waals surface area contributed by atoms with Gasteiger partial charge in [-0.3, -0.25) is 14.4 Å². The molecule has 0 bridgehead atoms. The summed E-state index contributed by atoms with van der Waals surface area (Å²) >= 11 is 0. The predicted octanol–water partition coefficient (Wildman–Crippen LogP) is 2.58. The number of ether oxygens (including phenoxy) is 1. The molecule has 2 fully saturated rings. The molecule has 1 saturated heterocycles. The second kappa shape index (κ2) is 7.89. The van der Waals surface area contributed by atoms with Crippen molar-refractivity contribution in [2.24, 2.45) is 5.92 Å². The van der Waals surface area contributed by atoms with Gasteiger partial charge in [-0.05, 0) is 38.3 Å². The van der Waals surface area contributed by atoms with Crippen LogP contribution in [0, 0.1) is 19.8 Å². The van der Waals surface area contributed by atoms with Gasteiger partial charge < -0.3 is 15.0 Å². The van der Waals surface area contributed by atoms with Gasteiger partial charge in [0.1, 0.15) is 0 Å². The zero-order valence-electron chi connectivity index (χ0n) is 15.4. The molecular weight excluding hydrogens is 332 g/mol. The second-order valence-corrected chi connectivity index (χ2v) is 7.36. The maximum Gasteiger partial charge on any atom is 0.311 e. The zero-order chi connectivity index (χ0) is 18.7. The highest BCUT2D eigenvalue weighted by Crippen LogP contribution is 2.29. The van der Waals surface area contributed by atoms with E-state index < -0.39 is 11.9 Å². The Labute approximate surface area is 153 Å². The van der Waals surface area contributed by atoms with Crippen LogP contribution in [-0.2, 0) is 19.1 Å². The molecule has 140 valence electrons. The van der Waals surface area contributed by atoms with Gasteiger partial charge >= 0.3 is 5.97 Å². The lowest BCUT2D eigenvalue weighted by atomic mass is 10.1. The first kappa shape index (κ1) is 18.4. The van der Waals surface area contributed by atoms with Crippen LogP contribution in [0.4, 0.5) is 5.69 Å². The number of hydrogen-bond acceptors (Lipinski definition) is 4. The molecule has 0 radical (unpaired) electrons. The minimum absolute atomic E-state index is 0.0265. The van der Waals surface area contributed by atoms with Gasteiger partial charge in [0, 0.05) is 24.7 Å². The first-order chi connectivity index (χ1) is 12.4. The van der Waals surface area contributed by atoms with E-state index >= 15 is 0 Å². The van der Waals surface area contributed by atoms with E-state index in [0.29, 0.717) is 12.2 Å². The van der Waals surface area contributed by atoms with Crippen LogP contribution in [0.1, 0.15) is 43.2 Å². The number of rotatable bonds is 5. The highest BCUT2D eigenvalue weighted by molar-refractivity contribution is 5.94. The molecule has 1 saturated carbocycles. The average molecular weight is 358 g/mol. The summed E-state index contributed by atoms with van der Waals surface area (Å²) in [6, 6.07) is 5.99. The van der Waals surface area contributed by atoms with E-state index in [-0.39, 0.29) is 30.9 Å². The maximum atomic E-state index is 12.2. The van der Waals surface area contributed by atoms with Crippen molar-refractivity contribution < 1.29 is 19.1 Å². The standard InChI is InChI=1S/C20H26N2O4/c1-13-7-8-17(14(2)9-13)21-18(23)12-26-20(25)15-10-19(24)22(11-15)16-5-3-4-6-16/h7-9,15-16H,3-6,10-12H2,1-2H3,(H,21,23)/t15-/m0/s1. The number of hydrogen-bond donors (Lipinski definition) is 1. The number of nitrogens with zero attached hydrogens (tertiary/aromatic N) is 1. The number of carbonyl (C=O) groups is 3. The van der Waals surface area contributed by atoms with Crippen LogP contribution in [0.15, 0.2) is 18.2 Å². The number of aryl methyl sites for hydroxylation is 2. The Morgan fingerprint density at radius 1 is 1.23 bits per heavy atom. The minimum Gasteiger partial charge on any atom is -0.455 e. The number of carbonyl (C=O) groups excluding carboxylic acids is 3. The molecule has 0 spiro atoms. The smallest absolute Gasteiger partial charge is 0.311 e. The minimum atomic E-state index is -0.463. The molecule has 1 atom stereocenters. The fourth-order valence-corrected chi connectivity index (χ4v) is 3.85. The Morgan fingerprint density at radius 3 is 2.65 bits per heavy atom. The van der Waals surface area contributed by atoms with E-state index in [2.05, 4.69) is 5.32 Å². The highest BCUT2D eigenvalue weighted by Gasteiger charge is 2.39. The van der Waals surface area contributed by atoms with Crippen molar-refractivity contribution in [1.82, 2.24) is 4.90 Å². The topological polar surface area (TPSA) is 75.7 Å². The normalized spacial score (nSPS) is 20.5. The first-order valence-electron chi connectivity index (χ1n) is 9.27. The summed E-state index contributed by atoms with van der Waals surface area (Å²) < 4.78 is 5.15. The molecule has 1 aromatic rings. The van der Waals surface area contributed by atoms with Crippen molar-refractivity contribution >= 4 is 23.5 Å². The molecular formula is C20H26N2O4. The Morgan fingerprint density at radius 2 is 1.96 bits per heavy atom. The lowest BCUT2D eigenvalue weighted by Gasteiger charge is -2.23. The molecule has 1 aromatic carbocycles. The largest absolute Gasteiger partial charge is 0.455 e. The lowest BCUT2D eigenvalue weighted by Crippen LogP contribution is -2.35. The molecule has 1 heterocycles. The summed E-state index contributed by atoms with van der Waals surface area (Å²) in [6.45, 7) is 3.98. The van der Waals surface area contributed by atoms with E-state index in [4.69, 9.17) is 4.74 Å². The van der Waals surface area contributed by atoms with Crippen LogP contribution >= 0.6 is 0 Å². The van der Waals surface area contributed by atoms with Gasteiger partial charge in [-0.1, -0.05) is 30.5 Å². The van der Waals surface area contributed by atoms with Crippen molar-refractivity contribution in [2.45, 2.75) is 52.0 Å². The summed E-state index contributed by atoms with van der Waals surface area (Å²) in [4.78, 5) is 38.3. The van der Waals surface area contributed by atoms with Crippen molar-refractivity contribution in [2.75, 3.05) is 18.5 Å². The van der Waals surface area contributed by atoms with Gasteiger partial charge in [-0.15, -0.1) is 0 Å². The van der Waals surface area contributed by atoms with E-state index in [9.17, 15) is 14.4 Å². The van der Waals surface area contributed by atoms with Crippen LogP contribution < -0.4 is 5.32 Å². The van der Waals surface area contributed by atoms with Crippen molar-refractivity contribution in [3.63, 3.8) is 0 Å². The van der Waals surface area contributed by atoms with Crippen LogP contribution in [0.25, 0.3) is 0 Å². The third-order valence-electron chi connectivity index (χ3n) is 5.26. The van der Waals surface area contributed by atoms with Gasteiger partial charge in [0.05, 0.1) is 5.92 Å². The Kier molecular flexibility index (Phi) is 5.59. The summed E-state index contributed by atoms with van der Waals surface area (Å²) in [6.07, 6.45) is 4.51. The Bertz CT molecular complexity index is 710. The van der Waals surface area contributed by atoms with Crippen molar-refractivity contribution in [3.05, 3.63) is 29.3 Å². The zero-order valence-corrected chi connectivity index (χ0v) is 15.4. The van der Waals surface area contributed by atoms with Gasteiger partial charge in [0.15, 0.2) is 6.61 Å². The Balaban J connectivity index is 1.47. The molecule has 6 nitrogen and oxygen atoms in total. The lowest BCUT2D eigenvalue weighted by molar-refractivity contribution is -0.151. The van der Waals surface area contributed by atoms with Gasteiger partial charge in [-0.25, -0.2) is 0 Å². The maximum absolute atomic E-state index is 12.2. The monoisotopic (exact) mass is 358 g/mol. The molecule has 2 aliphatic rings. The molecule has 1 N–H and O–H groups in total. The average Bonchev–Trinajstić information content (AvgIpc) is 3.24. The van der Waals surface area contributed by atoms with Crippen LogP contribution in [0.2, 0.25) is 0 Å². The number of likely N-dealkylation sites (tertiary alicyclic amines) is 1. The molecule has 26 heavy (non-hydrogen) atoms. The van der Waals surface area contributed by atoms with E-state index in [1.54, 1.807) is 0 Å². The van der Waals surface area contributed by atoms with E-state index in [1.807, 2.05) is 36.9 Å². The van der Waals surface area contributed by atoms with Crippen molar-refractivity contribution in [1.29, 1.82) is 0 Å². The summed E-state index contributed by atoms with van der Waals surface area (Å²) in [5.74, 6) is -1.27. The fourth-order valence-electron chi connectivity index (χ4n) is 3.85. The van der Waals surface area contributed by atoms with Gasteiger partial charge in [0.25, 0.3) is 5.91 Å². The van der Waals surface area contributed by atoms with Crippen LogP contribution in [-0.4, -0.2) is 41.9 Å². The molecule has 6 heteroatoms. The molecule has 1 aliphatic carbocycles. The fraction of sp³-hybridized carbons (Fsp3) is 0.550. The third-order valence-corrected chi connectivity index (χ3v) is 5.26. The van der Waals surface area contributed by atoms with E-state index in [0.717, 1.165) is 36.8 Å². The summed E-state index contributed by atoms with van der Waals surface area (Å²) in [5.41, 5.74) is 2.78. The number of amides is 2. The highest BCUT2D eigenvalue weighted by atomic mass is 16.5. The third kappa shape index (κ3) is 4.23. The number of anilines is 1. The summed E-state index contributed by atoms with van der Waals surface area (Å²) in [5, 5.41) is 2.75. The van der Waals surface area contributed by atoms with E-state index in [1.165, 1.54) is 0 Å². The van der Waals surface area contributed by atoms with Crippen molar-refractivity contribution in [3.8, 4) is 0 Å². The molecule has 0 unspecified atom stereocenters. The number of nitrogens with one attached hydrogen (secondary N) is 1. The van der Waals surface area contributed by atoms with Crippen LogP contribution in [0.3, 0.4) is 0 Å². The second-order valence-electron chi connectivity index (χ2n) is 7.36. The van der Waals surface area contributed by atoms with Crippen LogP contribution in [0.5, 0.6) is 0 Å². The number of benzene rings is 1. The molecule has 1 aliphatic heterocycles. The Hall–Kier alpha value is -2.37. The first-order valence-corrected chi connectivity index (χ1v) is 9.27. The predicted molar refractivity (Wildman–Crippen MR) is 97.6 cm³/mol. The molecule has 3 rings (SSSR count). The van der Waals surface area contributed by atoms with Gasteiger partial charge in [-0.2, -0.15) is 0 Å². The quantitative estimate of drug-likeness (QED) is 0.821. The summed E-state index contributed by atoms with van der Waals surface area (Å²) in [7, 11) is 0. The van der Waals surface area contributed by atoms with Gasteiger partial charge in [0.2, 0.25) is 5.91 Å².